The van der Waals surface area contributed by atoms with E-state index in [9.17, 15) is 0 Å². The predicted molar refractivity (Wildman–Crippen MR) is 113 cm³/mol. The van der Waals surface area contributed by atoms with Crippen molar-refractivity contribution in [2.45, 2.75) is 0 Å². The quantitative estimate of drug-likeness (QED) is 0.347. The van der Waals surface area contributed by atoms with E-state index in [0.717, 1.165) is 0 Å². The summed E-state index contributed by atoms with van der Waals surface area (Å²) in [6.45, 7) is 0. The Kier molecular flexibility index (Phi) is 4.75. The van der Waals surface area contributed by atoms with Crippen LogP contribution in [-0.2, 0) is 0 Å². The van der Waals surface area contributed by atoms with Gasteiger partial charge in [-0.2, -0.15) is 0 Å². The number of hydrogen-bond acceptors (Lipinski definition) is 0. The third kappa shape index (κ3) is 3.65. The zero-order valence-electron chi connectivity index (χ0n) is 14.5. The highest BCUT2D eigenvalue weighted by Gasteiger charge is 2.01. The van der Waals surface area contributed by atoms with Crippen molar-refractivity contribution in [3.05, 3.63) is 120 Å². The Hall–Kier alpha value is -3.38. The van der Waals surface area contributed by atoms with Gasteiger partial charge in [0.2, 0.25) is 0 Å². The second kappa shape index (κ2) is 7.67. The third-order valence-electron chi connectivity index (χ3n) is 4.49. The summed E-state index contributed by atoms with van der Waals surface area (Å²) in [4.78, 5) is 0. The molecule has 124 valence electrons. The van der Waals surface area contributed by atoms with Gasteiger partial charge in [-0.15, -0.1) is 0 Å². The second-order valence-electron chi connectivity index (χ2n) is 6.28. The lowest BCUT2D eigenvalue weighted by Crippen LogP contribution is -1.83. The molecular weight excluding hydrogens is 312 g/mol. The van der Waals surface area contributed by atoms with Gasteiger partial charge in [0.1, 0.15) is 0 Å². The maximum atomic E-state index is 2.23. The molecule has 0 bridgehead atoms. The Labute approximate surface area is 155 Å². The molecule has 26 heavy (non-hydrogen) atoms. The summed E-state index contributed by atoms with van der Waals surface area (Å²) in [5, 5.41) is 0. The van der Waals surface area contributed by atoms with Gasteiger partial charge in [0.05, 0.1) is 0 Å². The first-order valence-corrected chi connectivity index (χ1v) is 8.88. The van der Waals surface area contributed by atoms with Crippen molar-refractivity contribution < 1.29 is 0 Å². The first-order chi connectivity index (χ1) is 12.9. The molecule has 0 aliphatic rings. The molecule has 0 radical (unpaired) electrons. The molecule has 0 nitrogen and oxygen atoms in total. The van der Waals surface area contributed by atoms with E-state index < -0.39 is 0 Å². The van der Waals surface area contributed by atoms with E-state index in [-0.39, 0.29) is 0 Å². The van der Waals surface area contributed by atoms with Crippen LogP contribution >= 0.6 is 0 Å². The molecule has 0 saturated heterocycles. The predicted octanol–water partition coefficient (Wildman–Crippen LogP) is 7.19. The van der Waals surface area contributed by atoms with Crippen molar-refractivity contribution in [2.75, 3.05) is 0 Å². The summed E-state index contributed by atoms with van der Waals surface area (Å²) in [6.07, 6.45) is 4.39. The molecule has 0 aliphatic heterocycles. The molecule has 0 unspecified atom stereocenters. The van der Waals surface area contributed by atoms with Gasteiger partial charge in [0.15, 0.2) is 0 Å². The number of rotatable bonds is 4. The Bertz CT molecular complexity index is 1010. The minimum Gasteiger partial charge on any atom is -0.0622 e. The molecule has 4 rings (SSSR count). The molecule has 0 aromatic heterocycles. The average molecular weight is 332 g/mol. The van der Waals surface area contributed by atoms with Crippen LogP contribution in [0.1, 0.15) is 11.1 Å². The van der Waals surface area contributed by atoms with Gasteiger partial charge >= 0.3 is 0 Å². The molecule has 0 fully saturated rings. The Morgan fingerprint density at radius 3 is 1.81 bits per heavy atom. The standard InChI is InChI=1S/C26H20/c1-3-11-22(12-4-1)25-16-9-10-21(20-25)18-19-24-15-7-8-17-26(24)23-13-5-2-6-14-23/h1-20H/b19-18+. The van der Waals surface area contributed by atoms with Crippen LogP contribution in [0.4, 0.5) is 0 Å². The van der Waals surface area contributed by atoms with E-state index >= 15 is 0 Å². The second-order valence-corrected chi connectivity index (χ2v) is 6.28. The minimum absolute atomic E-state index is 1.20. The monoisotopic (exact) mass is 332 g/mol. The zero-order valence-corrected chi connectivity index (χ0v) is 14.5. The van der Waals surface area contributed by atoms with Gasteiger partial charge < -0.3 is 0 Å². The summed E-state index contributed by atoms with van der Waals surface area (Å²) < 4.78 is 0. The molecule has 0 heteroatoms. The Balaban J connectivity index is 1.66. The van der Waals surface area contributed by atoms with Crippen LogP contribution in [0.3, 0.4) is 0 Å². The molecular formula is C26H20. The molecule has 0 spiro atoms. The largest absolute Gasteiger partial charge is 0.0622 e. The van der Waals surface area contributed by atoms with Gasteiger partial charge in [0.25, 0.3) is 0 Å². The van der Waals surface area contributed by atoms with Gasteiger partial charge in [-0.05, 0) is 39.4 Å². The Morgan fingerprint density at radius 2 is 1.04 bits per heavy atom. The minimum atomic E-state index is 1.20. The van der Waals surface area contributed by atoms with Crippen molar-refractivity contribution in [3.63, 3.8) is 0 Å². The fourth-order valence-electron chi connectivity index (χ4n) is 3.16. The maximum absolute atomic E-state index is 2.23. The fourth-order valence-corrected chi connectivity index (χ4v) is 3.16. The van der Waals surface area contributed by atoms with E-state index in [4.69, 9.17) is 0 Å². The van der Waals surface area contributed by atoms with E-state index in [2.05, 4.69) is 115 Å². The lowest BCUT2D eigenvalue weighted by atomic mass is 9.98. The van der Waals surface area contributed by atoms with Crippen LogP contribution in [0, 0.1) is 0 Å². The molecule has 0 aliphatic carbocycles. The van der Waals surface area contributed by atoms with Crippen LogP contribution in [-0.4, -0.2) is 0 Å². The van der Waals surface area contributed by atoms with E-state index in [1.807, 2.05) is 6.07 Å². The highest BCUT2D eigenvalue weighted by Crippen LogP contribution is 2.26. The summed E-state index contributed by atoms with van der Waals surface area (Å²) in [6, 6.07) is 38.2. The highest BCUT2D eigenvalue weighted by atomic mass is 14.1. The van der Waals surface area contributed by atoms with Crippen molar-refractivity contribution >= 4 is 12.2 Å². The van der Waals surface area contributed by atoms with Crippen LogP contribution < -0.4 is 0 Å². The zero-order chi connectivity index (χ0) is 17.6. The number of benzene rings is 4. The van der Waals surface area contributed by atoms with Crippen LogP contribution in [0.2, 0.25) is 0 Å². The summed E-state index contributed by atoms with van der Waals surface area (Å²) >= 11 is 0. The molecule has 0 N–H and O–H groups in total. The van der Waals surface area contributed by atoms with Gasteiger partial charge in [-0.3, -0.25) is 0 Å². The average Bonchev–Trinajstić information content (AvgIpc) is 2.74. The topological polar surface area (TPSA) is 0 Å². The van der Waals surface area contributed by atoms with Crippen LogP contribution in [0.5, 0.6) is 0 Å². The van der Waals surface area contributed by atoms with Crippen LogP contribution in [0.15, 0.2) is 109 Å². The van der Waals surface area contributed by atoms with Crippen molar-refractivity contribution in [2.24, 2.45) is 0 Å². The molecule has 0 atom stereocenters. The fraction of sp³-hybridized carbons (Fsp3) is 0. The third-order valence-corrected chi connectivity index (χ3v) is 4.49. The van der Waals surface area contributed by atoms with E-state index in [0.29, 0.717) is 0 Å². The first-order valence-electron chi connectivity index (χ1n) is 8.88. The van der Waals surface area contributed by atoms with Crippen LogP contribution in [0.25, 0.3) is 34.4 Å². The van der Waals surface area contributed by atoms with Gasteiger partial charge in [-0.1, -0.05) is 115 Å². The lowest BCUT2D eigenvalue weighted by molar-refractivity contribution is 1.58. The first kappa shape index (κ1) is 16.1. The Morgan fingerprint density at radius 1 is 0.423 bits per heavy atom. The van der Waals surface area contributed by atoms with Crippen molar-refractivity contribution in [1.82, 2.24) is 0 Å². The summed E-state index contributed by atoms with van der Waals surface area (Å²) in [5.41, 5.74) is 7.41. The van der Waals surface area contributed by atoms with E-state index in [1.165, 1.54) is 33.4 Å². The van der Waals surface area contributed by atoms with E-state index in [1.54, 1.807) is 0 Å². The van der Waals surface area contributed by atoms with Gasteiger partial charge in [0, 0.05) is 0 Å². The number of hydrogen-bond donors (Lipinski definition) is 0. The molecule has 0 heterocycles. The maximum Gasteiger partial charge on any atom is -0.0111 e. The summed E-state index contributed by atoms with van der Waals surface area (Å²) in [7, 11) is 0. The smallest absolute Gasteiger partial charge is 0.0111 e. The van der Waals surface area contributed by atoms with Crippen molar-refractivity contribution in [3.8, 4) is 22.3 Å². The molecule has 0 saturated carbocycles. The molecule has 0 amide bonds. The normalized spacial score (nSPS) is 10.9. The molecule has 4 aromatic rings. The summed E-state index contributed by atoms with van der Waals surface area (Å²) in [5.74, 6) is 0. The lowest BCUT2D eigenvalue weighted by Gasteiger charge is -2.06. The SMILES string of the molecule is C(=C\c1ccccc1-c1ccccc1)/c1cccc(-c2ccccc2)c1. The highest BCUT2D eigenvalue weighted by molar-refractivity contribution is 5.81. The van der Waals surface area contributed by atoms with Crippen molar-refractivity contribution in [1.29, 1.82) is 0 Å². The van der Waals surface area contributed by atoms with Gasteiger partial charge in [-0.25, -0.2) is 0 Å². The molecule has 4 aromatic carbocycles.